The number of hydrogen-bond donors (Lipinski definition) is 1. The maximum atomic E-state index is 5.91. The first kappa shape index (κ1) is 12.8. The van der Waals surface area contributed by atoms with E-state index in [0.717, 1.165) is 43.1 Å². The molecule has 0 bridgehead atoms. The third-order valence-electron chi connectivity index (χ3n) is 3.77. The van der Waals surface area contributed by atoms with Gasteiger partial charge in [0.1, 0.15) is 18.1 Å². The molecule has 3 rings (SSSR count). The molecule has 1 aromatic rings. The molecule has 1 aromatic carbocycles. The van der Waals surface area contributed by atoms with Gasteiger partial charge >= 0.3 is 0 Å². The number of rotatable bonds is 5. The van der Waals surface area contributed by atoms with Crippen LogP contribution in [0.2, 0.25) is 0 Å². The molecule has 1 saturated heterocycles. The summed E-state index contributed by atoms with van der Waals surface area (Å²) in [6, 6.07) is 5.92. The average molecular weight is 263 g/mol. The molecule has 0 amide bonds. The second-order valence-electron chi connectivity index (χ2n) is 5.24. The summed E-state index contributed by atoms with van der Waals surface area (Å²) in [5.41, 5.74) is 6.98. The van der Waals surface area contributed by atoms with Gasteiger partial charge in [0.05, 0.1) is 18.8 Å². The molecule has 1 fully saturated rings. The Morgan fingerprint density at radius 3 is 3.16 bits per heavy atom. The smallest absolute Gasteiger partial charge is 0.127 e. The number of nitrogens with two attached hydrogens (primary N) is 1. The fourth-order valence-corrected chi connectivity index (χ4v) is 2.68. The lowest BCUT2D eigenvalue weighted by atomic mass is 10.1. The molecule has 2 atom stereocenters. The van der Waals surface area contributed by atoms with Crippen LogP contribution in [0.25, 0.3) is 0 Å². The van der Waals surface area contributed by atoms with Crippen LogP contribution in [-0.2, 0) is 4.74 Å². The fourth-order valence-electron chi connectivity index (χ4n) is 2.68. The van der Waals surface area contributed by atoms with E-state index < -0.39 is 0 Å². The molecule has 104 valence electrons. The lowest BCUT2D eigenvalue weighted by molar-refractivity contribution is 0.0981. The third kappa shape index (κ3) is 3.01. The molecule has 19 heavy (non-hydrogen) atoms. The van der Waals surface area contributed by atoms with Crippen LogP contribution in [-0.4, -0.2) is 25.9 Å². The van der Waals surface area contributed by atoms with Crippen LogP contribution in [0.3, 0.4) is 0 Å². The van der Waals surface area contributed by atoms with E-state index in [0.29, 0.717) is 12.7 Å². The van der Waals surface area contributed by atoms with Crippen LogP contribution in [0.5, 0.6) is 11.5 Å². The van der Waals surface area contributed by atoms with E-state index in [-0.39, 0.29) is 6.04 Å². The van der Waals surface area contributed by atoms with Crippen molar-refractivity contribution in [1.82, 2.24) is 0 Å². The third-order valence-corrected chi connectivity index (χ3v) is 3.77. The van der Waals surface area contributed by atoms with Crippen LogP contribution >= 0.6 is 0 Å². The second kappa shape index (κ2) is 5.80. The Morgan fingerprint density at radius 2 is 2.32 bits per heavy atom. The highest BCUT2D eigenvalue weighted by Crippen LogP contribution is 2.34. The summed E-state index contributed by atoms with van der Waals surface area (Å²) in [7, 11) is 0. The zero-order valence-electron chi connectivity index (χ0n) is 11.1. The van der Waals surface area contributed by atoms with Gasteiger partial charge in [0, 0.05) is 18.2 Å². The Morgan fingerprint density at radius 1 is 1.37 bits per heavy atom. The first-order valence-electron chi connectivity index (χ1n) is 7.09. The quantitative estimate of drug-likeness (QED) is 0.829. The van der Waals surface area contributed by atoms with Gasteiger partial charge in [-0.1, -0.05) is 0 Å². The van der Waals surface area contributed by atoms with Crippen LogP contribution < -0.4 is 15.2 Å². The highest BCUT2D eigenvalue weighted by atomic mass is 16.5. The van der Waals surface area contributed by atoms with Gasteiger partial charge in [-0.3, -0.25) is 0 Å². The highest BCUT2D eigenvalue weighted by Gasteiger charge is 2.20. The normalized spacial score (nSPS) is 25.1. The average Bonchev–Trinajstić information content (AvgIpc) is 3.05. The Bertz CT molecular complexity index is 429. The van der Waals surface area contributed by atoms with Crippen LogP contribution in [0, 0.1) is 0 Å². The van der Waals surface area contributed by atoms with Crippen molar-refractivity contribution in [3.8, 4) is 11.5 Å². The van der Waals surface area contributed by atoms with E-state index >= 15 is 0 Å². The Hall–Kier alpha value is -1.26. The van der Waals surface area contributed by atoms with Crippen molar-refractivity contribution in [2.24, 2.45) is 5.73 Å². The van der Waals surface area contributed by atoms with Gasteiger partial charge < -0.3 is 19.9 Å². The van der Waals surface area contributed by atoms with Crippen LogP contribution in [0.4, 0.5) is 0 Å². The molecular weight excluding hydrogens is 242 g/mol. The number of ether oxygens (including phenoxy) is 3. The van der Waals surface area contributed by atoms with E-state index in [2.05, 4.69) is 0 Å². The fraction of sp³-hybridized carbons (Fsp3) is 0.600. The summed E-state index contributed by atoms with van der Waals surface area (Å²) >= 11 is 0. The van der Waals surface area contributed by atoms with E-state index in [4.69, 9.17) is 19.9 Å². The van der Waals surface area contributed by atoms with E-state index in [1.54, 1.807) is 0 Å². The molecule has 2 aliphatic rings. The lowest BCUT2D eigenvalue weighted by Crippen LogP contribution is -2.10. The topological polar surface area (TPSA) is 53.7 Å². The summed E-state index contributed by atoms with van der Waals surface area (Å²) in [5, 5.41) is 0. The van der Waals surface area contributed by atoms with E-state index in [9.17, 15) is 0 Å². The maximum Gasteiger partial charge on any atom is 0.127 e. The lowest BCUT2D eigenvalue weighted by Gasteiger charge is -2.10. The van der Waals surface area contributed by atoms with Crippen molar-refractivity contribution < 1.29 is 14.2 Å². The highest BCUT2D eigenvalue weighted by molar-refractivity contribution is 5.44. The molecule has 4 nitrogen and oxygen atoms in total. The first-order chi connectivity index (χ1) is 9.33. The predicted octanol–water partition coefficient (Wildman–Crippen LogP) is 2.42. The second-order valence-corrected chi connectivity index (χ2v) is 5.24. The molecule has 4 heteroatoms. The van der Waals surface area contributed by atoms with Crippen molar-refractivity contribution in [2.45, 2.75) is 37.8 Å². The van der Waals surface area contributed by atoms with Crippen molar-refractivity contribution in [2.75, 3.05) is 19.8 Å². The van der Waals surface area contributed by atoms with Gasteiger partial charge in [0.25, 0.3) is 0 Å². The molecule has 2 heterocycles. The SMILES string of the molecule is NC1COc2cc(OCCCC3CCCO3)ccc21. The van der Waals surface area contributed by atoms with Crippen molar-refractivity contribution in [1.29, 1.82) is 0 Å². The summed E-state index contributed by atoms with van der Waals surface area (Å²) < 4.78 is 16.9. The molecule has 2 unspecified atom stereocenters. The van der Waals surface area contributed by atoms with Gasteiger partial charge in [0.2, 0.25) is 0 Å². The van der Waals surface area contributed by atoms with E-state index in [1.807, 2.05) is 18.2 Å². The van der Waals surface area contributed by atoms with Crippen LogP contribution in [0.1, 0.15) is 37.3 Å². The zero-order chi connectivity index (χ0) is 13.1. The van der Waals surface area contributed by atoms with Gasteiger partial charge in [-0.2, -0.15) is 0 Å². The number of hydrogen-bond acceptors (Lipinski definition) is 4. The van der Waals surface area contributed by atoms with Crippen molar-refractivity contribution in [3.05, 3.63) is 23.8 Å². The largest absolute Gasteiger partial charge is 0.493 e. The minimum absolute atomic E-state index is 0.00330. The molecule has 0 saturated carbocycles. The molecule has 0 aliphatic carbocycles. The Labute approximate surface area is 113 Å². The monoisotopic (exact) mass is 263 g/mol. The van der Waals surface area contributed by atoms with Gasteiger partial charge in [-0.15, -0.1) is 0 Å². The minimum Gasteiger partial charge on any atom is -0.493 e. The van der Waals surface area contributed by atoms with Crippen molar-refractivity contribution >= 4 is 0 Å². The number of fused-ring (bicyclic) bond motifs is 1. The predicted molar refractivity (Wildman–Crippen MR) is 72.6 cm³/mol. The standard InChI is InChI=1S/C15H21NO3/c16-14-10-19-15-9-12(5-6-13(14)15)18-8-2-4-11-3-1-7-17-11/h5-6,9,11,14H,1-4,7-8,10,16H2. The molecule has 2 aliphatic heterocycles. The van der Waals surface area contributed by atoms with Gasteiger partial charge in [0.15, 0.2) is 0 Å². The summed E-state index contributed by atoms with van der Waals surface area (Å²) in [5.74, 6) is 1.73. The van der Waals surface area contributed by atoms with E-state index in [1.165, 1.54) is 12.8 Å². The molecule has 2 N–H and O–H groups in total. The first-order valence-corrected chi connectivity index (χ1v) is 7.09. The van der Waals surface area contributed by atoms with Crippen molar-refractivity contribution in [3.63, 3.8) is 0 Å². The molecule has 0 aromatic heterocycles. The summed E-state index contributed by atoms with van der Waals surface area (Å²) in [4.78, 5) is 0. The molecule has 0 radical (unpaired) electrons. The molecular formula is C15H21NO3. The van der Waals surface area contributed by atoms with Gasteiger partial charge in [-0.25, -0.2) is 0 Å². The maximum absolute atomic E-state index is 5.91. The summed E-state index contributed by atoms with van der Waals surface area (Å²) in [6.45, 7) is 2.22. The Kier molecular flexibility index (Phi) is 3.89. The number of benzene rings is 1. The van der Waals surface area contributed by atoms with Crippen LogP contribution in [0.15, 0.2) is 18.2 Å². The summed E-state index contributed by atoms with van der Waals surface area (Å²) in [6.07, 6.45) is 4.97. The zero-order valence-corrected chi connectivity index (χ0v) is 11.1. The Balaban J connectivity index is 1.45. The van der Waals surface area contributed by atoms with Gasteiger partial charge in [-0.05, 0) is 37.8 Å². The molecule has 0 spiro atoms. The minimum atomic E-state index is 0.00330.